The minimum atomic E-state index is -0.748. The molecule has 4 N–H and O–H groups in total. The molecule has 0 amide bonds. The average Bonchev–Trinajstić information content (AvgIpc) is 3.01. The molecule has 166 valence electrons. The number of aliphatic carboxylic acids is 1. The van der Waals surface area contributed by atoms with Crippen LogP contribution in [0.15, 0.2) is 0 Å². The predicted octanol–water partition coefficient (Wildman–Crippen LogP) is 3.45. The highest BCUT2D eigenvalue weighted by Crippen LogP contribution is 2.68. The highest BCUT2D eigenvalue weighted by molar-refractivity contribution is 5.66. The third-order valence-corrected chi connectivity index (χ3v) is 10.3. The van der Waals surface area contributed by atoms with Crippen molar-refractivity contribution in [2.75, 3.05) is 0 Å². The molecule has 0 heterocycles. The zero-order chi connectivity index (χ0) is 21.1. The normalized spacial score (nSPS) is 52.9. The first-order valence-corrected chi connectivity index (χ1v) is 11.8. The summed E-state index contributed by atoms with van der Waals surface area (Å²) < 4.78 is 0. The fourth-order valence-corrected chi connectivity index (χ4v) is 8.68. The van der Waals surface area contributed by atoms with Crippen LogP contribution in [-0.4, -0.2) is 44.7 Å². The van der Waals surface area contributed by atoms with Gasteiger partial charge in [-0.15, -0.1) is 0 Å². The van der Waals surface area contributed by atoms with Crippen molar-refractivity contribution in [2.24, 2.45) is 46.3 Å². The molecule has 0 bridgehead atoms. The Labute approximate surface area is 174 Å². The van der Waals surface area contributed by atoms with Gasteiger partial charge in [0.2, 0.25) is 0 Å². The topological polar surface area (TPSA) is 98.0 Å². The second-order valence-corrected chi connectivity index (χ2v) is 11.4. The Morgan fingerprint density at radius 1 is 1.03 bits per heavy atom. The fourth-order valence-electron chi connectivity index (χ4n) is 8.68. The Morgan fingerprint density at radius 3 is 2.45 bits per heavy atom. The van der Waals surface area contributed by atoms with Crippen molar-refractivity contribution in [1.82, 2.24) is 0 Å². The highest BCUT2D eigenvalue weighted by Gasteiger charge is 2.65. The van der Waals surface area contributed by atoms with Gasteiger partial charge in [-0.25, -0.2) is 0 Å². The average molecular weight is 409 g/mol. The molecule has 4 saturated carbocycles. The number of fused-ring (bicyclic) bond motifs is 5. The van der Waals surface area contributed by atoms with Crippen LogP contribution in [0.5, 0.6) is 0 Å². The molecule has 4 aliphatic carbocycles. The molecule has 5 heteroatoms. The number of carbonyl (C=O) groups is 1. The van der Waals surface area contributed by atoms with E-state index < -0.39 is 12.1 Å². The maximum atomic E-state index is 11.5. The lowest BCUT2D eigenvalue weighted by molar-refractivity contribution is -0.207. The molecule has 0 aromatic heterocycles. The van der Waals surface area contributed by atoms with Gasteiger partial charge in [0, 0.05) is 6.42 Å². The Kier molecular flexibility index (Phi) is 5.57. The molecule has 11 atom stereocenters. The highest BCUT2D eigenvalue weighted by atomic mass is 16.4. The maximum absolute atomic E-state index is 11.5. The van der Waals surface area contributed by atoms with Crippen LogP contribution in [0.3, 0.4) is 0 Å². The van der Waals surface area contributed by atoms with E-state index in [4.69, 9.17) is 5.11 Å². The van der Waals surface area contributed by atoms with Crippen molar-refractivity contribution < 1.29 is 25.2 Å². The Balaban J connectivity index is 1.61. The summed E-state index contributed by atoms with van der Waals surface area (Å²) in [7, 11) is 0. The first kappa shape index (κ1) is 21.6. The Morgan fingerprint density at radius 2 is 1.76 bits per heavy atom. The standard InChI is InChI=1S/C24H40O5/c1-13(4-7-21(28)29)16-5-6-17-22-18(12-20(27)24(16,17)3)23(2)9-8-15(25)10-14(23)11-19(22)26/h13-20,22,25-27H,4-12H2,1-3H3,(H,28,29)/t13?,14?,15?,16?,17?,18?,19?,20?,22?,23-,24+/m0/s1. The largest absolute Gasteiger partial charge is 0.481 e. The van der Waals surface area contributed by atoms with Crippen molar-refractivity contribution in [1.29, 1.82) is 0 Å². The van der Waals surface area contributed by atoms with Gasteiger partial charge in [0.15, 0.2) is 0 Å². The number of carboxylic acid groups (broad SMARTS) is 1. The van der Waals surface area contributed by atoms with Crippen molar-refractivity contribution in [3.63, 3.8) is 0 Å². The molecule has 0 spiro atoms. The Hall–Kier alpha value is -0.650. The second kappa shape index (κ2) is 7.49. The monoisotopic (exact) mass is 408 g/mol. The SMILES string of the molecule is CC(CCC(=O)O)C1CCC2C3C(O)CC4CC(O)CC[C@]4(C)C3CC(O)[C@]12C. The van der Waals surface area contributed by atoms with Gasteiger partial charge in [-0.2, -0.15) is 0 Å². The summed E-state index contributed by atoms with van der Waals surface area (Å²) in [5, 5.41) is 42.0. The number of rotatable bonds is 4. The third-order valence-electron chi connectivity index (χ3n) is 10.3. The van der Waals surface area contributed by atoms with E-state index in [1.807, 2.05) is 0 Å². The molecule has 0 radical (unpaired) electrons. The molecule has 0 aromatic rings. The number of carboxylic acids is 1. The van der Waals surface area contributed by atoms with Gasteiger partial charge in [0.25, 0.3) is 0 Å². The van der Waals surface area contributed by atoms with Gasteiger partial charge in [-0.05, 0) is 97.7 Å². The number of hydrogen-bond donors (Lipinski definition) is 4. The van der Waals surface area contributed by atoms with Gasteiger partial charge in [0.05, 0.1) is 18.3 Å². The van der Waals surface area contributed by atoms with Crippen molar-refractivity contribution in [3.05, 3.63) is 0 Å². The van der Waals surface area contributed by atoms with E-state index >= 15 is 0 Å². The van der Waals surface area contributed by atoms with Crippen molar-refractivity contribution in [3.8, 4) is 0 Å². The summed E-state index contributed by atoms with van der Waals surface area (Å²) in [6.45, 7) is 6.72. The lowest BCUT2D eigenvalue weighted by Crippen LogP contribution is -2.62. The van der Waals surface area contributed by atoms with Crippen molar-refractivity contribution in [2.45, 2.75) is 96.9 Å². The zero-order valence-electron chi connectivity index (χ0n) is 18.3. The molecule has 0 aliphatic heterocycles. The molecule has 9 unspecified atom stereocenters. The third kappa shape index (κ3) is 3.27. The molecule has 4 fully saturated rings. The summed E-state index contributed by atoms with van der Waals surface area (Å²) in [4.78, 5) is 11.1. The molecular weight excluding hydrogens is 368 g/mol. The molecule has 5 nitrogen and oxygen atoms in total. The van der Waals surface area contributed by atoms with Gasteiger partial charge in [0.1, 0.15) is 0 Å². The van der Waals surface area contributed by atoms with Crippen LogP contribution in [0.1, 0.15) is 78.6 Å². The number of aliphatic hydroxyl groups excluding tert-OH is 3. The van der Waals surface area contributed by atoms with Crippen LogP contribution < -0.4 is 0 Å². The van der Waals surface area contributed by atoms with Gasteiger partial charge in [-0.1, -0.05) is 20.8 Å². The minimum Gasteiger partial charge on any atom is -0.481 e. The van der Waals surface area contributed by atoms with E-state index in [2.05, 4.69) is 20.8 Å². The molecular formula is C24H40O5. The first-order chi connectivity index (χ1) is 13.6. The summed E-state index contributed by atoms with van der Waals surface area (Å²) in [6, 6.07) is 0. The molecule has 0 saturated heterocycles. The van der Waals surface area contributed by atoms with Gasteiger partial charge >= 0.3 is 5.97 Å². The lowest BCUT2D eigenvalue weighted by atomic mass is 9.43. The van der Waals surface area contributed by atoms with Crippen LogP contribution >= 0.6 is 0 Å². The van der Waals surface area contributed by atoms with Crippen molar-refractivity contribution >= 4 is 5.97 Å². The van der Waals surface area contributed by atoms with E-state index in [0.717, 1.165) is 44.9 Å². The lowest BCUT2D eigenvalue weighted by Gasteiger charge is -2.63. The molecule has 0 aromatic carbocycles. The van der Waals surface area contributed by atoms with Crippen LogP contribution in [0, 0.1) is 46.3 Å². The predicted molar refractivity (Wildman–Crippen MR) is 110 cm³/mol. The van der Waals surface area contributed by atoms with E-state index in [1.165, 1.54) is 0 Å². The molecule has 4 rings (SSSR count). The van der Waals surface area contributed by atoms with Gasteiger partial charge < -0.3 is 20.4 Å². The van der Waals surface area contributed by atoms with E-state index in [0.29, 0.717) is 30.1 Å². The maximum Gasteiger partial charge on any atom is 0.303 e. The quantitative estimate of drug-likeness (QED) is 0.571. The van der Waals surface area contributed by atoms with E-state index in [9.17, 15) is 20.1 Å². The second-order valence-electron chi connectivity index (χ2n) is 11.4. The van der Waals surface area contributed by atoms with Gasteiger partial charge in [-0.3, -0.25) is 4.79 Å². The van der Waals surface area contributed by atoms with E-state index in [1.54, 1.807) is 0 Å². The number of hydrogen-bond acceptors (Lipinski definition) is 4. The number of aliphatic hydroxyl groups is 3. The van der Waals surface area contributed by atoms with Crippen LogP contribution in [0.4, 0.5) is 0 Å². The Bertz CT molecular complexity index is 637. The summed E-state index contributed by atoms with van der Waals surface area (Å²) in [5.41, 5.74) is -0.143. The van der Waals surface area contributed by atoms with Crippen LogP contribution in [0.25, 0.3) is 0 Å². The van der Waals surface area contributed by atoms with E-state index in [-0.39, 0.29) is 41.3 Å². The fraction of sp³-hybridized carbons (Fsp3) is 0.958. The zero-order valence-corrected chi connectivity index (χ0v) is 18.3. The minimum absolute atomic E-state index is 0.0957. The molecule has 4 aliphatic rings. The summed E-state index contributed by atoms with van der Waals surface area (Å²) in [5.74, 6) is 0.997. The van der Waals surface area contributed by atoms with Crippen LogP contribution in [-0.2, 0) is 4.79 Å². The molecule has 29 heavy (non-hydrogen) atoms. The van der Waals surface area contributed by atoms with Crippen LogP contribution in [0.2, 0.25) is 0 Å². The summed E-state index contributed by atoms with van der Waals surface area (Å²) in [6.07, 6.45) is 6.00. The first-order valence-electron chi connectivity index (χ1n) is 11.8. The smallest absolute Gasteiger partial charge is 0.303 e. The summed E-state index contributed by atoms with van der Waals surface area (Å²) >= 11 is 0.